The highest BCUT2D eigenvalue weighted by Crippen LogP contribution is 2.28. The molecule has 3 N–H and O–H groups in total. The summed E-state index contributed by atoms with van der Waals surface area (Å²) in [6.45, 7) is 0. The van der Waals surface area contributed by atoms with Crippen molar-refractivity contribution in [3.05, 3.63) is 58.6 Å². The van der Waals surface area contributed by atoms with Crippen LogP contribution in [-0.2, 0) is 5.75 Å². The van der Waals surface area contributed by atoms with Gasteiger partial charge in [0.15, 0.2) is 0 Å². The molecule has 98 valence electrons. The Hall–Kier alpha value is -1.65. The number of anilines is 1. The number of hydrogen-bond acceptors (Lipinski definition) is 3. The fourth-order valence-electron chi connectivity index (χ4n) is 1.58. The summed E-state index contributed by atoms with van der Waals surface area (Å²) < 4.78 is 0. The summed E-state index contributed by atoms with van der Waals surface area (Å²) in [4.78, 5) is 11.8. The molecule has 3 nitrogen and oxygen atoms in total. The third-order valence-corrected chi connectivity index (χ3v) is 3.94. The quantitative estimate of drug-likeness (QED) is 0.662. The Morgan fingerprint density at radius 2 is 1.89 bits per heavy atom. The number of thioether (sulfide) groups is 1. The molecular weight excluding hydrogens is 282 g/mol. The average molecular weight is 294 g/mol. The van der Waals surface area contributed by atoms with E-state index in [1.165, 1.54) is 17.8 Å². The summed E-state index contributed by atoms with van der Waals surface area (Å²) >= 11 is 7.28. The molecule has 0 spiro atoms. The van der Waals surface area contributed by atoms with Gasteiger partial charge in [-0.15, -0.1) is 11.8 Å². The fraction of sp³-hybridized carbons (Fsp3) is 0.0714. The minimum Gasteiger partial charge on any atom is -0.478 e. The first-order chi connectivity index (χ1) is 9.06. The van der Waals surface area contributed by atoms with E-state index in [1.54, 1.807) is 12.1 Å². The van der Waals surface area contributed by atoms with E-state index in [2.05, 4.69) is 0 Å². The van der Waals surface area contributed by atoms with E-state index < -0.39 is 5.97 Å². The predicted molar refractivity (Wildman–Crippen MR) is 78.8 cm³/mol. The van der Waals surface area contributed by atoms with Gasteiger partial charge in [0.1, 0.15) is 0 Å². The van der Waals surface area contributed by atoms with E-state index in [9.17, 15) is 4.79 Å². The number of nitrogens with two attached hydrogens (primary N) is 1. The van der Waals surface area contributed by atoms with Gasteiger partial charge in [-0.3, -0.25) is 0 Å². The molecule has 19 heavy (non-hydrogen) atoms. The summed E-state index contributed by atoms with van der Waals surface area (Å²) in [6.07, 6.45) is 0. The van der Waals surface area contributed by atoms with Crippen LogP contribution in [0.15, 0.2) is 47.4 Å². The molecule has 0 saturated heterocycles. The van der Waals surface area contributed by atoms with Gasteiger partial charge in [0.05, 0.1) is 5.56 Å². The maximum atomic E-state index is 11.1. The molecule has 0 aliphatic carbocycles. The van der Waals surface area contributed by atoms with E-state index in [1.807, 2.05) is 24.3 Å². The summed E-state index contributed by atoms with van der Waals surface area (Å²) in [6, 6.07) is 12.4. The smallest absolute Gasteiger partial charge is 0.336 e. The van der Waals surface area contributed by atoms with Crippen molar-refractivity contribution < 1.29 is 9.90 Å². The van der Waals surface area contributed by atoms with Crippen molar-refractivity contribution in [1.29, 1.82) is 0 Å². The maximum absolute atomic E-state index is 11.1. The van der Waals surface area contributed by atoms with E-state index in [4.69, 9.17) is 22.4 Å². The molecule has 0 aliphatic heterocycles. The lowest BCUT2D eigenvalue weighted by atomic mass is 10.2. The second-order valence-electron chi connectivity index (χ2n) is 3.98. The zero-order chi connectivity index (χ0) is 13.8. The van der Waals surface area contributed by atoms with Crippen LogP contribution < -0.4 is 5.73 Å². The van der Waals surface area contributed by atoms with E-state index in [0.29, 0.717) is 21.4 Å². The topological polar surface area (TPSA) is 63.3 Å². The van der Waals surface area contributed by atoms with Gasteiger partial charge in [-0.25, -0.2) is 4.79 Å². The molecular formula is C14H12ClNO2S. The van der Waals surface area contributed by atoms with Crippen molar-refractivity contribution in [3.63, 3.8) is 0 Å². The van der Waals surface area contributed by atoms with Crippen LogP contribution in [0.1, 0.15) is 15.9 Å². The van der Waals surface area contributed by atoms with Gasteiger partial charge in [-0.1, -0.05) is 23.7 Å². The Morgan fingerprint density at radius 1 is 1.21 bits per heavy atom. The minimum absolute atomic E-state index is 0.235. The zero-order valence-corrected chi connectivity index (χ0v) is 11.5. The van der Waals surface area contributed by atoms with Crippen LogP contribution in [0.5, 0.6) is 0 Å². The zero-order valence-electron chi connectivity index (χ0n) is 9.97. The van der Waals surface area contributed by atoms with Crippen LogP contribution in [0.4, 0.5) is 5.69 Å². The number of carboxylic acid groups (broad SMARTS) is 1. The van der Waals surface area contributed by atoms with E-state index >= 15 is 0 Å². The third-order valence-electron chi connectivity index (χ3n) is 2.54. The highest BCUT2D eigenvalue weighted by Gasteiger charge is 2.11. The standard InChI is InChI=1S/C14H12ClNO2S/c15-10-3-1-9(2-4-10)8-19-13-6-5-11(16)7-12(13)14(17)18/h1-7H,8,16H2,(H,17,18). The lowest BCUT2D eigenvalue weighted by Crippen LogP contribution is -2.00. The number of benzene rings is 2. The van der Waals surface area contributed by atoms with Crippen molar-refractivity contribution in [1.82, 2.24) is 0 Å². The molecule has 0 bridgehead atoms. The lowest BCUT2D eigenvalue weighted by Gasteiger charge is -2.07. The second kappa shape index (κ2) is 5.99. The Bertz CT molecular complexity index is 599. The van der Waals surface area contributed by atoms with Crippen molar-refractivity contribution in [2.75, 3.05) is 5.73 Å². The van der Waals surface area contributed by atoms with Gasteiger partial charge in [0, 0.05) is 21.4 Å². The van der Waals surface area contributed by atoms with Gasteiger partial charge in [0.25, 0.3) is 0 Å². The molecule has 0 aliphatic rings. The van der Waals surface area contributed by atoms with Crippen LogP contribution in [0, 0.1) is 0 Å². The number of nitrogen functional groups attached to an aromatic ring is 1. The molecule has 2 aromatic carbocycles. The molecule has 0 unspecified atom stereocenters. The first-order valence-electron chi connectivity index (χ1n) is 5.56. The Labute approximate surface area is 120 Å². The largest absolute Gasteiger partial charge is 0.478 e. The predicted octanol–water partition coefficient (Wildman–Crippen LogP) is 3.91. The van der Waals surface area contributed by atoms with Crippen LogP contribution in [0.25, 0.3) is 0 Å². The normalized spacial score (nSPS) is 10.4. The van der Waals surface area contributed by atoms with Crippen molar-refractivity contribution in [2.45, 2.75) is 10.6 Å². The first kappa shape index (κ1) is 13.8. The molecule has 2 rings (SSSR count). The highest BCUT2D eigenvalue weighted by atomic mass is 35.5. The second-order valence-corrected chi connectivity index (χ2v) is 5.43. The summed E-state index contributed by atoms with van der Waals surface area (Å²) in [5, 5.41) is 9.82. The number of hydrogen-bond donors (Lipinski definition) is 2. The number of carbonyl (C=O) groups is 1. The monoisotopic (exact) mass is 293 g/mol. The number of carboxylic acids is 1. The van der Waals surface area contributed by atoms with Crippen LogP contribution in [0.2, 0.25) is 5.02 Å². The molecule has 0 saturated carbocycles. The van der Waals surface area contributed by atoms with Gasteiger partial charge in [-0.05, 0) is 35.9 Å². The number of halogens is 1. The average Bonchev–Trinajstić information content (AvgIpc) is 2.39. The molecule has 0 fully saturated rings. The third kappa shape index (κ3) is 3.66. The Balaban J connectivity index is 2.15. The van der Waals surface area contributed by atoms with Crippen molar-refractivity contribution >= 4 is 35.0 Å². The first-order valence-corrected chi connectivity index (χ1v) is 6.92. The van der Waals surface area contributed by atoms with Gasteiger partial charge in [-0.2, -0.15) is 0 Å². The van der Waals surface area contributed by atoms with Crippen LogP contribution in [0.3, 0.4) is 0 Å². The molecule has 2 aromatic rings. The molecule has 0 atom stereocenters. The van der Waals surface area contributed by atoms with Gasteiger partial charge < -0.3 is 10.8 Å². The minimum atomic E-state index is -0.967. The Kier molecular flexibility index (Phi) is 4.35. The van der Waals surface area contributed by atoms with Crippen LogP contribution >= 0.6 is 23.4 Å². The maximum Gasteiger partial charge on any atom is 0.336 e. The Morgan fingerprint density at radius 3 is 2.53 bits per heavy atom. The van der Waals surface area contributed by atoms with Crippen LogP contribution in [-0.4, -0.2) is 11.1 Å². The lowest BCUT2D eigenvalue weighted by molar-refractivity contribution is 0.0693. The van der Waals surface area contributed by atoms with E-state index in [-0.39, 0.29) is 5.56 Å². The van der Waals surface area contributed by atoms with Gasteiger partial charge in [0.2, 0.25) is 0 Å². The fourth-order valence-corrected chi connectivity index (χ4v) is 2.69. The molecule has 0 heterocycles. The number of rotatable bonds is 4. The highest BCUT2D eigenvalue weighted by molar-refractivity contribution is 7.98. The van der Waals surface area contributed by atoms with E-state index in [0.717, 1.165) is 5.56 Å². The summed E-state index contributed by atoms with van der Waals surface area (Å²) in [7, 11) is 0. The summed E-state index contributed by atoms with van der Waals surface area (Å²) in [5.41, 5.74) is 7.37. The molecule has 0 radical (unpaired) electrons. The van der Waals surface area contributed by atoms with Gasteiger partial charge >= 0.3 is 5.97 Å². The van der Waals surface area contributed by atoms with Crippen molar-refractivity contribution in [3.8, 4) is 0 Å². The molecule has 5 heteroatoms. The number of aromatic carboxylic acids is 1. The molecule has 0 amide bonds. The molecule has 0 aromatic heterocycles. The summed E-state index contributed by atoms with van der Waals surface area (Å²) in [5.74, 6) is -0.285. The SMILES string of the molecule is Nc1ccc(SCc2ccc(Cl)cc2)c(C(=O)O)c1. The van der Waals surface area contributed by atoms with Crippen molar-refractivity contribution in [2.24, 2.45) is 0 Å².